The molecular weight excluding hydrogens is 305 g/mol. The van der Waals surface area contributed by atoms with Gasteiger partial charge in [0.1, 0.15) is 13.2 Å². The van der Waals surface area contributed by atoms with E-state index in [4.69, 9.17) is 0 Å². The largest absolute Gasteiger partial charge is 0.411 e. The van der Waals surface area contributed by atoms with Crippen molar-refractivity contribution >= 4 is 32.6 Å². The second-order valence-corrected chi connectivity index (χ2v) is 5.63. The van der Waals surface area contributed by atoms with E-state index in [1.807, 2.05) is 26.0 Å². The van der Waals surface area contributed by atoms with Crippen LogP contribution in [-0.2, 0) is 9.53 Å². The first-order valence-electron chi connectivity index (χ1n) is 6.07. The lowest BCUT2D eigenvalue weighted by atomic mass is 10.1. The molecule has 1 amide bonds. The highest BCUT2D eigenvalue weighted by Crippen LogP contribution is 2.29. The monoisotopic (exact) mass is 318 g/mol. The molecule has 0 saturated carbocycles. The van der Waals surface area contributed by atoms with Gasteiger partial charge in [0.2, 0.25) is 0 Å². The highest BCUT2D eigenvalue weighted by atomic mass is 32.1. The molecule has 0 aliphatic rings. The lowest BCUT2D eigenvalue weighted by Crippen LogP contribution is -2.23. The van der Waals surface area contributed by atoms with Gasteiger partial charge in [0.05, 0.1) is 10.2 Å². The van der Waals surface area contributed by atoms with Crippen LogP contribution < -0.4 is 5.32 Å². The Morgan fingerprint density at radius 3 is 2.76 bits per heavy atom. The van der Waals surface area contributed by atoms with Gasteiger partial charge in [0, 0.05) is 0 Å². The number of nitrogens with one attached hydrogen (secondary N) is 1. The van der Waals surface area contributed by atoms with Gasteiger partial charge < -0.3 is 4.74 Å². The van der Waals surface area contributed by atoms with Gasteiger partial charge >= 0.3 is 6.18 Å². The van der Waals surface area contributed by atoms with Gasteiger partial charge in [-0.25, -0.2) is 4.98 Å². The van der Waals surface area contributed by atoms with Crippen LogP contribution in [0.5, 0.6) is 0 Å². The SMILES string of the molecule is Cc1cc(C)c2nc(NC(=O)COCC(F)(F)F)sc2c1. The van der Waals surface area contributed by atoms with Crippen LogP contribution in [-0.4, -0.2) is 30.3 Å². The van der Waals surface area contributed by atoms with E-state index in [-0.39, 0.29) is 0 Å². The molecule has 2 aromatic rings. The van der Waals surface area contributed by atoms with Crippen LogP contribution in [0.15, 0.2) is 12.1 Å². The average molecular weight is 318 g/mol. The number of nitrogens with zero attached hydrogens (tertiary/aromatic N) is 1. The number of aryl methyl sites for hydroxylation is 2. The number of halogens is 3. The molecule has 4 nitrogen and oxygen atoms in total. The van der Waals surface area contributed by atoms with E-state index < -0.39 is 25.3 Å². The van der Waals surface area contributed by atoms with Crippen molar-refractivity contribution in [2.75, 3.05) is 18.5 Å². The van der Waals surface area contributed by atoms with Gasteiger partial charge in [-0.1, -0.05) is 17.4 Å². The number of ether oxygens (including phenoxy) is 1. The fraction of sp³-hybridized carbons (Fsp3) is 0.385. The standard InChI is InChI=1S/C13H13F3N2O2S/c1-7-3-8(2)11-9(4-7)21-12(18-11)17-10(19)5-20-6-13(14,15)16/h3-4H,5-6H2,1-2H3,(H,17,18,19). The average Bonchev–Trinajstić information content (AvgIpc) is 2.69. The summed E-state index contributed by atoms with van der Waals surface area (Å²) in [6, 6.07) is 3.91. The number of alkyl halides is 3. The number of hydrogen-bond donors (Lipinski definition) is 1. The zero-order valence-electron chi connectivity index (χ0n) is 11.4. The van der Waals surface area contributed by atoms with Crippen molar-refractivity contribution in [2.45, 2.75) is 20.0 Å². The Labute approximate surface area is 122 Å². The molecule has 21 heavy (non-hydrogen) atoms. The van der Waals surface area contributed by atoms with E-state index >= 15 is 0 Å². The van der Waals surface area contributed by atoms with Gasteiger partial charge in [-0.05, 0) is 31.0 Å². The number of carbonyl (C=O) groups is 1. The summed E-state index contributed by atoms with van der Waals surface area (Å²) in [5.41, 5.74) is 2.84. The normalized spacial score (nSPS) is 11.9. The maximum atomic E-state index is 11.9. The molecule has 0 fully saturated rings. The number of thiazole rings is 1. The molecule has 1 aromatic heterocycles. The second-order valence-electron chi connectivity index (χ2n) is 4.60. The fourth-order valence-corrected chi connectivity index (χ4v) is 2.90. The highest BCUT2D eigenvalue weighted by Gasteiger charge is 2.27. The summed E-state index contributed by atoms with van der Waals surface area (Å²) in [5.74, 6) is -0.660. The predicted octanol–water partition coefficient (Wildman–Crippen LogP) is 3.43. The first-order chi connectivity index (χ1) is 9.74. The van der Waals surface area contributed by atoms with Crippen LogP contribution in [0.25, 0.3) is 10.2 Å². The smallest absolute Gasteiger partial charge is 0.362 e. The summed E-state index contributed by atoms with van der Waals surface area (Å²) in [6.07, 6.45) is -4.44. The third kappa shape index (κ3) is 4.40. The second kappa shape index (κ2) is 5.98. The van der Waals surface area contributed by atoms with E-state index in [1.54, 1.807) is 0 Å². The molecule has 8 heteroatoms. The lowest BCUT2D eigenvalue weighted by molar-refractivity contribution is -0.174. The Morgan fingerprint density at radius 1 is 1.38 bits per heavy atom. The van der Waals surface area contributed by atoms with E-state index in [0.29, 0.717) is 5.13 Å². The summed E-state index contributed by atoms with van der Waals surface area (Å²) >= 11 is 1.27. The Balaban J connectivity index is 2.00. The highest BCUT2D eigenvalue weighted by molar-refractivity contribution is 7.22. The van der Waals surface area contributed by atoms with Crippen molar-refractivity contribution < 1.29 is 22.7 Å². The zero-order chi connectivity index (χ0) is 15.6. The molecule has 0 bridgehead atoms. The molecular formula is C13H13F3N2O2S. The molecule has 1 N–H and O–H groups in total. The van der Waals surface area contributed by atoms with Crippen LogP contribution in [0.4, 0.5) is 18.3 Å². The molecule has 114 valence electrons. The third-order valence-electron chi connectivity index (χ3n) is 2.58. The molecule has 0 saturated heterocycles. The predicted molar refractivity (Wildman–Crippen MR) is 74.6 cm³/mol. The van der Waals surface area contributed by atoms with E-state index in [9.17, 15) is 18.0 Å². The summed E-state index contributed by atoms with van der Waals surface area (Å²) in [7, 11) is 0. The third-order valence-corrected chi connectivity index (χ3v) is 3.49. The number of carbonyl (C=O) groups excluding carboxylic acids is 1. The fourth-order valence-electron chi connectivity index (χ4n) is 1.84. The molecule has 1 aromatic carbocycles. The summed E-state index contributed by atoms with van der Waals surface area (Å²) in [6.45, 7) is 1.76. The number of rotatable bonds is 4. The maximum absolute atomic E-state index is 11.9. The van der Waals surface area contributed by atoms with Crippen LogP contribution in [0, 0.1) is 13.8 Å². The molecule has 0 aliphatic carbocycles. The molecule has 0 aliphatic heterocycles. The minimum atomic E-state index is -4.44. The number of benzene rings is 1. The minimum Gasteiger partial charge on any atom is -0.362 e. The van der Waals surface area contributed by atoms with Gasteiger partial charge in [-0.2, -0.15) is 13.2 Å². The van der Waals surface area contributed by atoms with Crippen molar-refractivity contribution in [3.05, 3.63) is 23.3 Å². The number of anilines is 1. The maximum Gasteiger partial charge on any atom is 0.411 e. The van der Waals surface area contributed by atoms with Crippen molar-refractivity contribution in [3.8, 4) is 0 Å². The molecule has 0 unspecified atom stereocenters. The van der Waals surface area contributed by atoms with Crippen molar-refractivity contribution in [3.63, 3.8) is 0 Å². The number of hydrogen-bond acceptors (Lipinski definition) is 4. The van der Waals surface area contributed by atoms with E-state index in [0.717, 1.165) is 21.3 Å². The molecule has 0 radical (unpaired) electrons. The Hall–Kier alpha value is -1.67. The van der Waals surface area contributed by atoms with E-state index in [2.05, 4.69) is 15.0 Å². The molecule has 2 rings (SSSR count). The van der Waals surface area contributed by atoms with Crippen LogP contribution in [0.2, 0.25) is 0 Å². The van der Waals surface area contributed by atoms with Gasteiger partial charge in [-0.15, -0.1) is 0 Å². The zero-order valence-corrected chi connectivity index (χ0v) is 12.2. The van der Waals surface area contributed by atoms with Gasteiger partial charge in [0.25, 0.3) is 5.91 Å². The van der Waals surface area contributed by atoms with Crippen molar-refractivity contribution in [1.82, 2.24) is 4.98 Å². The van der Waals surface area contributed by atoms with E-state index in [1.165, 1.54) is 11.3 Å². The minimum absolute atomic E-state index is 0.347. The Kier molecular flexibility index (Phi) is 4.48. The number of amides is 1. The number of fused-ring (bicyclic) bond motifs is 1. The Bertz CT molecular complexity index is 667. The Morgan fingerprint density at radius 2 is 2.10 bits per heavy atom. The first-order valence-corrected chi connectivity index (χ1v) is 6.88. The first kappa shape index (κ1) is 15.7. The quantitative estimate of drug-likeness (QED) is 0.939. The van der Waals surface area contributed by atoms with Crippen molar-refractivity contribution in [2.24, 2.45) is 0 Å². The molecule has 1 heterocycles. The van der Waals surface area contributed by atoms with Crippen molar-refractivity contribution in [1.29, 1.82) is 0 Å². The molecule has 0 atom stereocenters. The molecule has 0 spiro atoms. The van der Waals surface area contributed by atoms with Crippen LogP contribution in [0.1, 0.15) is 11.1 Å². The van der Waals surface area contributed by atoms with Crippen LogP contribution in [0.3, 0.4) is 0 Å². The lowest BCUT2D eigenvalue weighted by Gasteiger charge is -2.06. The van der Waals surface area contributed by atoms with Crippen LogP contribution >= 0.6 is 11.3 Å². The summed E-state index contributed by atoms with van der Waals surface area (Å²) in [5, 5.41) is 2.79. The topological polar surface area (TPSA) is 51.2 Å². The summed E-state index contributed by atoms with van der Waals surface area (Å²) < 4.78 is 40.9. The van der Waals surface area contributed by atoms with Gasteiger partial charge in [-0.3, -0.25) is 10.1 Å². The summed E-state index contributed by atoms with van der Waals surface area (Å²) in [4.78, 5) is 15.7. The number of aromatic nitrogens is 1. The van der Waals surface area contributed by atoms with Gasteiger partial charge in [0.15, 0.2) is 5.13 Å².